The number of benzene rings is 1. The van der Waals surface area contributed by atoms with E-state index in [0.29, 0.717) is 28.8 Å². The Morgan fingerprint density at radius 1 is 1.09 bits per heavy atom. The first-order valence-corrected chi connectivity index (χ1v) is 15.3. The highest BCUT2D eigenvalue weighted by Gasteiger charge is 2.47. The molecule has 2 bridgehead atoms. The molecule has 8 rings (SSSR count). The van der Waals surface area contributed by atoms with E-state index in [1.807, 2.05) is 17.0 Å². The number of fused-ring (bicyclic) bond motifs is 3. The average Bonchev–Trinajstić information content (AvgIpc) is 3.28. The number of piperidine rings is 1. The van der Waals surface area contributed by atoms with Crippen LogP contribution in [0.1, 0.15) is 41.7 Å². The molecular weight excluding hydrogens is 542 g/mol. The molecule has 1 amide bonds. The third-order valence-corrected chi connectivity index (χ3v) is 9.86. The van der Waals surface area contributed by atoms with E-state index in [2.05, 4.69) is 48.4 Å². The van der Waals surface area contributed by atoms with Gasteiger partial charge in [-0.1, -0.05) is 0 Å². The van der Waals surface area contributed by atoms with Gasteiger partial charge in [0.25, 0.3) is 5.91 Å². The van der Waals surface area contributed by atoms with Crippen molar-refractivity contribution < 1.29 is 9.53 Å². The summed E-state index contributed by atoms with van der Waals surface area (Å²) in [5.41, 5.74) is 10.1. The molecule has 43 heavy (non-hydrogen) atoms. The molecule has 2 N–H and O–H groups in total. The number of methoxy groups -OCH3 is 1. The molecule has 3 aromatic heterocycles. The Kier molecular flexibility index (Phi) is 6.15. The van der Waals surface area contributed by atoms with Gasteiger partial charge in [-0.15, -0.1) is 0 Å². The van der Waals surface area contributed by atoms with Gasteiger partial charge in [-0.2, -0.15) is 5.26 Å². The van der Waals surface area contributed by atoms with Crippen molar-refractivity contribution in [1.29, 1.82) is 5.26 Å². The number of nitrogens with two attached hydrogens (primary N) is 1. The Morgan fingerprint density at radius 3 is 2.67 bits per heavy atom. The molecule has 4 aliphatic rings. The summed E-state index contributed by atoms with van der Waals surface area (Å²) in [6, 6.07) is 10.3. The molecule has 1 aromatic carbocycles. The minimum absolute atomic E-state index is 0.00593. The number of amides is 1. The maximum atomic E-state index is 13.8. The van der Waals surface area contributed by atoms with Gasteiger partial charge in [0.15, 0.2) is 11.5 Å². The fourth-order valence-corrected chi connectivity index (χ4v) is 7.38. The highest BCUT2D eigenvalue weighted by Crippen LogP contribution is 2.40. The van der Waals surface area contributed by atoms with Crippen molar-refractivity contribution in [2.75, 3.05) is 31.6 Å². The Bertz CT molecular complexity index is 1760. The van der Waals surface area contributed by atoms with Gasteiger partial charge in [0.05, 0.1) is 30.7 Å². The van der Waals surface area contributed by atoms with Crippen LogP contribution in [0.3, 0.4) is 0 Å². The maximum absolute atomic E-state index is 13.8. The van der Waals surface area contributed by atoms with Gasteiger partial charge < -0.3 is 29.4 Å². The molecule has 5 heterocycles. The smallest absolute Gasteiger partial charge is 0.254 e. The minimum atomic E-state index is 0.00593. The van der Waals surface area contributed by atoms with Crippen LogP contribution in [0.2, 0.25) is 0 Å². The number of ether oxygens (including phenoxy) is 1. The quantitative estimate of drug-likeness (QED) is 0.338. The lowest BCUT2D eigenvalue weighted by molar-refractivity contribution is 0.0700. The number of carbonyl (C=O) groups excluding carboxylic acids is 1. The molecule has 2 aliphatic carbocycles. The van der Waals surface area contributed by atoms with Crippen molar-refractivity contribution in [3.63, 3.8) is 0 Å². The molecule has 0 radical (unpaired) electrons. The first-order valence-electron chi connectivity index (χ1n) is 15.3. The first kappa shape index (κ1) is 26.2. The standard InChI is InChI=1S/C32H35N9O2/c1-43-27-10-22(32(42)40-18-21-6-7-25(40)29(21)34)9-24-30(27)41(31(37-24)26-3-2-8-38(26)14-19-4-5-19)17-20-15-39(16-20)28-13-35-12-23(11-33)36-28/h2-3,8-10,12-13,19-21,25,29H,4-7,14-18,34H2,1H3/t21?,25?,29-/m1/s1. The van der Waals surface area contributed by atoms with E-state index in [1.54, 1.807) is 13.3 Å². The largest absolute Gasteiger partial charge is 0.494 e. The number of hydrogen-bond donors (Lipinski definition) is 1. The monoisotopic (exact) mass is 577 g/mol. The summed E-state index contributed by atoms with van der Waals surface area (Å²) < 4.78 is 10.6. The van der Waals surface area contributed by atoms with Gasteiger partial charge in [-0.05, 0) is 61.8 Å². The Morgan fingerprint density at radius 2 is 1.95 bits per heavy atom. The Hall–Kier alpha value is -4.43. The summed E-state index contributed by atoms with van der Waals surface area (Å²) in [6.07, 6.45) is 9.93. The van der Waals surface area contributed by atoms with Crippen molar-refractivity contribution >= 4 is 22.8 Å². The SMILES string of the molecule is COc1cc(C(=O)N2CC3CCC2[C@@H]3N)cc2nc(-c3cccn3CC3CC3)n(CC3CN(c4cncc(C#N)n4)C3)c12. The van der Waals surface area contributed by atoms with E-state index >= 15 is 0 Å². The highest BCUT2D eigenvalue weighted by molar-refractivity contribution is 6.00. The van der Waals surface area contributed by atoms with Gasteiger partial charge in [-0.25, -0.2) is 9.97 Å². The van der Waals surface area contributed by atoms with Crippen LogP contribution < -0.4 is 15.4 Å². The zero-order valence-electron chi connectivity index (χ0n) is 24.3. The number of nitriles is 1. The van der Waals surface area contributed by atoms with Crippen LogP contribution in [0.5, 0.6) is 5.75 Å². The number of carbonyl (C=O) groups is 1. The molecule has 3 atom stereocenters. The van der Waals surface area contributed by atoms with E-state index in [-0.39, 0.29) is 18.0 Å². The molecule has 2 unspecified atom stereocenters. The van der Waals surface area contributed by atoms with Crippen molar-refractivity contribution in [3.05, 3.63) is 54.1 Å². The van der Waals surface area contributed by atoms with Gasteiger partial charge in [-0.3, -0.25) is 9.78 Å². The summed E-state index contributed by atoms with van der Waals surface area (Å²) in [6.45, 7) is 4.02. The number of hydrogen-bond acceptors (Lipinski definition) is 8. The van der Waals surface area contributed by atoms with Gasteiger partial charge in [0.2, 0.25) is 0 Å². The average molecular weight is 578 g/mol. The summed E-state index contributed by atoms with van der Waals surface area (Å²) >= 11 is 0. The van der Waals surface area contributed by atoms with Crippen LogP contribution in [0.25, 0.3) is 22.6 Å². The van der Waals surface area contributed by atoms with Gasteiger partial charge >= 0.3 is 0 Å². The van der Waals surface area contributed by atoms with Crippen molar-refractivity contribution in [1.82, 2.24) is 29.0 Å². The van der Waals surface area contributed by atoms with Crippen molar-refractivity contribution in [2.24, 2.45) is 23.5 Å². The predicted octanol–water partition coefficient (Wildman–Crippen LogP) is 3.28. The molecular formula is C32H35N9O2. The number of rotatable bonds is 8. The molecule has 4 aromatic rings. The van der Waals surface area contributed by atoms with Gasteiger partial charge in [0, 0.05) is 62.5 Å². The molecule has 11 nitrogen and oxygen atoms in total. The molecule has 2 aliphatic heterocycles. The van der Waals surface area contributed by atoms with Crippen LogP contribution >= 0.6 is 0 Å². The first-order chi connectivity index (χ1) is 21.0. The van der Waals surface area contributed by atoms with E-state index in [9.17, 15) is 10.1 Å². The summed E-state index contributed by atoms with van der Waals surface area (Å²) in [5.74, 6) is 3.71. The predicted molar refractivity (Wildman–Crippen MR) is 160 cm³/mol. The number of likely N-dealkylation sites (tertiary alicyclic amines) is 1. The molecule has 2 saturated heterocycles. The normalized spacial score (nSPS) is 23.1. The second-order valence-corrected chi connectivity index (χ2v) is 12.7. The van der Waals surface area contributed by atoms with Gasteiger partial charge in [0.1, 0.15) is 23.2 Å². The van der Waals surface area contributed by atoms with Crippen LogP contribution in [-0.2, 0) is 13.1 Å². The maximum Gasteiger partial charge on any atom is 0.254 e. The Balaban J connectivity index is 1.15. The zero-order valence-corrected chi connectivity index (χ0v) is 24.3. The molecule has 11 heteroatoms. The summed E-state index contributed by atoms with van der Waals surface area (Å²) in [4.78, 5) is 31.7. The topological polar surface area (TPSA) is 131 Å². The third-order valence-electron chi connectivity index (χ3n) is 9.86. The fourth-order valence-electron chi connectivity index (χ4n) is 7.38. The van der Waals surface area contributed by atoms with Crippen LogP contribution in [0, 0.1) is 29.1 Å². The lowest BCUT2D eigenvalue weighted by atomic mass is 10.00. The molecule has 0 spiro atoms. The lowest BCUT2D eigenvalue weighted by Crippen LogP contribution is -2.49. The second kappa shape index (κ2) is 10.1. The number of aromatic nitrogens is 5. The number of imidazole rings is 1. The second-order valence-electron chi connectivity index (χ2n) is 12.7. The van der Waals surface area contributed by atoms with Crippen molar-refractivity contribution in [3.8, 4) is 23.3 Å². The van der Waals surface area contributed by atoms with Crippen LogP contribution in [-0.4, -0.2) is 73.7 Å². The Labute approximate surface area is 249 Å². The molecule has 2 saturated carbocycles. The third kappa shape index (κ3) is 4.43. The number of anilines is 1. The summed E-state index contributed by atoms with van der Waals surface area (Å²) in [5, 5.41) is 9.24. The zero-order chi connectivity index (χ0) is 29.2. The van der Waals surface area contributed by atoms with Crippen LogP contribution in [0.4, 0.5) is 5.82 Å². The fraction of sp³-hybridized carbons (Fsp3) is 0.469. The van der Waals surface area contributed by atoms with E-state index in [4.69, 9.17) is 15.5 Å². The van der Waals surface area contributed by atoms with E-state index in [0.717, 1.165) is 79.9 Å². The molecule has 220 valence electrons. The minimum Gasteiger partial charge on any atom is -0.494 e. The van der Waals surface area contributed by atoms with E-state index < -0.39 is 0 Å². The number of nitrogens with zero attached hydrogens (tertiary/aromatic N) is 8. The van der Waals surface area contributed by atoms with E-state index in [1.165, 1.54) is 19.0 Å². The molecule has 4 fully saturated rings. The van der Waals surface area contributed by atoms with Crippen molar-refractivity contribution in [2.45, 2.75) is 50.9 Å². The highest BCUT2D eigenvalue weighted by atomic mass is 16.5. The summed E-state index contributed by atoms with van der Waals surface area (Å²) in [7, 11) is 1.66. The lowest BCUT2D eigenvalue weighted by Gasteiger charge is -2.40. The van der Waals surface area contributed by atoms with Crippen LogP contribution in [0.15, 0.2) is 42.9 Å².